The number of imide groups is 1. The van der Waals surface area contributed by atoms with E-state index in [0.29, 0.717) is 21.7 Å². The number of carbonyl (C=O) groups is 3. The number of hydrogen-bond acceptors (Lipinski definition) is 5. The minimum Gasteiger partial charge on any atom is -0.326 e. The highest BCUT2D eigenvalue weighted by atomic mass is 32.2. The Bertz CT molecular complexity index is 1160. The molecule has 0 atom stereocenters. The first-order valence-corrected chi connectivity index (χ1v) is 10.4. The molecule has 1 aliphatic rings. The fraction of sp³-hybridized carbons (Fsp3) is 0.0833. The van der Waals surface area contributed by atoms with Gasteiger partial charge in [0.25, 0.3) is 11.8 Å². The van der Waals surface area contributed by atoms with E-state index in [1.54, 1.807) is 48.8 Å². The molecule has 0 bridgehead atoms. The van der Waals surface area contributed by atoms with E-state index >= 15 is 0 Å². The van der Waals surface area contributed by atoms with E-state index in [0.717, 1.165) is 10.5 Å². The van der Waals surface area contributed by atoms with Crippen LogP contribution in [0.4, 0.5) is 5.69 Å². The molecule has 1 aromatic heterocycles. The van der Waals surface area contributed by atoms with Gasteiger partial charge in [0, 0.05) is 29.9 Å². The first-order chi connectivity index (χ1) is 15.0. The molecule has 2 aromatic carbocycles. The number of pyridine rings is 1. The molecule has 0 radical (unpaired) electrons. The van der Waals surface area contributed by atoms with Crippen LogP contribution >= 0.6 is 11.8 Å². The van der Waals surface area contributed by atoms with Crippen molar-refractivity contribution >= 4 is 40.7 Å². The Balaban J connectivity index is 1.71. The Morgan fingerprint density at radius 1 is 0.935 bits per heavy atom. The van der Waals surface area contributed by atoms with E-state index < -0.39 is 0 Å². The smallest absolute Gasteiger partial charge is 0.268 e. The number of benzene rings is 2. The van der Waals surface area contributed by atoms with Gasteiger partial charge in [-0.05, 0) is 47.5 Å². The van der Waals surface area contributed by atoms with Gasteiger partial charge >= 0.3 is 0 Å². The van der Waals surface area contributed by atoms with Gasteiger partial charge in [0.2, 0.25) is 5.91 Å². The van der Waals surface area contributed by atoms with Gasteiger partial charge in [-0.2, -0.15) is 0 Å². The number of thioether (sulfide) groups is 1. The number of aromatic nitrogens is 1. The lowest BCUT2D eigenvalue weighted by Crippen LogP contribution is -2.30. The highest BCUT2D eigenvalue weighted by Gasteiger charge is 2.39. The third kappa shape index (κ3) is 4.57. The fourth-order valence-electron chi connectivity index (χ4n) is 3.25. The van der Waals surface area contributed by atoms with Crippen molar-refractivity contribution in [2.75, 3.05) is 5.32 Å². The van der Waals surface area contributed by atoms with Crippen LogP contribution in [0.2, 0.25) is 0 Å². The summed E-state index contributed by atoms with van der Waals surface area (Å²) in [6.45, 7) is 1.60. The van der Waals surface area contributed by atoms with Crippen LogP contribution in [0.3, 0.4) is 0 Å². The van der Waals surface area contributed by atoms with E-state index in [-0.39, 0.29) is 24.3 Å². The van der Waals surface area contributed by atoms with Gasteiger partial charge in [0.1, 0.15) is 0 Å². The topological polar surface area (TPSA) is 79.4 Å². The highest BCUT2D eigenvalue weighted by molar-refractivity contribution is 8.04. The lowest BCUT2D eigenvalue weighted by atomic mass is 10.1. The second kappa shape index (κ2) is 8.97. The van der Waals surface area contributed by atoms with Crippen LogP contribution in [-0.4, -0.2) is 27.6 Å². The summed E-state index contributed by atoms with van der Waals surface area (Å²) < 4.78 is 0. The average molecular weight is 430 g/mol. The highest BCUT2D eigenvalue weighted by Crippen LogP contribution is 2.40. The summed E-state index contributed by atoms with van der Waals surface area (Å²) in [7, 11) is 0. The molecule has 154 valence electrons. The molecular formula is C24H19N3O3S. The first kappa shape index (κ1) is 20.6. The zero-order valence-electron chi connectivity index (χ0n) is 16.7. The molecule has 31 heavy (non-hydrogen) atoms. The van der Waals surface area contributed by atoms with Crippen molar-refractivity contribution in [2.24, 2.45) is 0 Å². The van der Waals surface area contributed by atoms with Crippen molar-refractivity contribution in [1.29, 1.82) is 0 Å². The molecule has 0 spiro atoms. The zero-order chi connectivity index (χ0) is 21.8. The molecule has 1 N–H and O–H groups in total. The van der Waals surface area contributed by atoms with Crippen molar-refractivity contribution in [1.82, 2.24) is 9.88 Å². The Morgan fingerprint density at radius 2 is 1.61 bits per heavy atom. The van der Waals surface area contributed by atoms with Crippen LogP contribution in [-0.2, 0) is 20.9 Å². The first-order valence-electron chi connectivity index (χ1n) is 9.63. The number of amides is 3. The number of carbonyl (C=O) groups excluding carboxylic acids is 3. The molecule has 4 rings (SSSR count). The standard InChI is InChI=1S/C24H19N3O3S/c1-16(28)26-19-9-7-18(8-10-19)21-22(31-20-5-3-2-4-6-20)24(30)27(23(21)29)15-17-11-13-25-14-12-17/h2-14H,15H2,1H3,(H,26,28). The van der Waals surface area contributed by atoms with E-state index in [1.807, 2.05) is 30.3 Å². The van der Waals surface area contributed by atoms with E-state index in [4.69, 9.17) is 0 Å². The van der Waals surface area contributed by atoms with Crippen LogP contribution in [0.15, 0.2) is 88.9 Å². The summed E-state index contributed by atoms with van der Waals surface area (Å²) in [5.74, 6) is -0.841. The monoisotopic (exact) mass is 429 g/mol. The molecule has 0 unspecified atom stereocenters. The number of nitrogens with one attached hydrogen (secondary N) is 1. The molecule has 2 heterocycles. The molecule has 3 amide bonds. The zero-order valence-corrected chi connectivity index (χ0v) is 17.6. The van der Waals surface area contributed by atoms with Crippen LogP contribution in [0, 0.1) is 0 Å². The molecule has 0 saturated carbocycles. The minimum absolute atomic E-state index is 0.173. The molecule has 7 heteroatoms. The number of anilines is 1. The van der Waals surface area contributed by atoms with Crippen molar-refractivity contribution < 1.29 is 14.4 Å². The van der Waals surface area contributed by atoms with Gasteiger partial charge in [-0.15, -0.1) is 0 Å². The minimum atomic E-state index is -0.340. The van der Waals surface area contributed by atoms with Crippen LogP contribution < -0.4 is 5.32 Å². The van der Waals surface area contributed by atoms with E-state index in [2.05, 4.69) is 10.3 Å². The number of rotatable bonds is 6. The second-order valence-corrected chi connectivity index (χ2v) is 8.01. The predicted octanol–water partition coefficient (Wildman–Crippen LogP) is 4.11. The second-order valence-electron chi connectivity index (χ2n) is 6.93. The van der Waals surface area contributed by atoms with Gasteiger partial charge in [-0.1, -0.05) is 42.1 Å². The van der Waals surface area contributed by atoms with Crippen molar-refractivity contribution in [2.45, 2.75) is 18.4 Å². The average Bonchev–Trinajstić information content (AvgIpc) is 3.00. The Hall–Kier alpha value is -3.71. The fourth-order valence-corrected chi connectivity index (χ4v) is 4.28. The van der Waals surface area contributed by atoms with Gasteiger partial charge < -0.3 is 5.32 Å². The van der Waals surface area contributed by atoms with Crippen molar-refractivity contribution in [3.63, 3.8) is 0 Å². The van der Waals surface area contributed by atoms with E-state index in [1.165, 1.54) is 23.6 Å². The molecule has 0 aliphatic carbocycles. The van der Waals surface area contributed by atoms with Crippen LogP contribution in [0.1, 0.15) is 18.1 Å². The van der Waals surface area contributed by atoms with Gasteiger partial charge in [-0.25, -0.2) is 0 Å². The normalized spacial score (nSPS) is 13.6. The van der Waals surface area contributed by atoms with Crippen molar-refractivity contribution in [3.8, 4) is 0 Å². The van der Waals surface area contributed by atoms with E-state index in [9.17, 15) is 14.4 Å². The summed E-state index contributed by atoms with van der Waals surface area (Å²) in [5.41, 5.74) is 2.44. The Morgan fingerprint density at radius 3 is 2.26 bits per heavy atom. The third-order valence-electron chi connectivity index (χ3n) is 4.67. The predicted molar refractivity (Wildman–Crippen MR) is 120 cm³/mol. The lowest BCUT2D eigenvalue weighted by molar-refractivity contribution is -0.137. The molecular weight excluding hydrogens is 410 g/mol. The van der Waals surface area contributed by atoms with Gasteiger partial charge in [-0.3, -0.25) is 24.3 Å². The maximum absolute atomic E-state index is 13.3. The summed E-state index contributed by atoms with van der Waals surface area (Å²) in [6, 6.07) is 20.0. The summed E-state index contributed by atoms with van der Waals surface area (Å²) in [4.78, 5) is 44.4. The van der Waals surface area contributed by atoms with Crippen molar-refractivity contribution in [3.05, 3.63) is 95.2 Å². The van der Waals surface area contributed by atoms with Gasteiger partial charge in [0.15, 0.2) is 0 Å². The number of nitrogens with zero attached hydrogens (tertiary/aromatic N) is 2. The Labute approximate surface area is 184 Å². The SMILES string of the molecule is CC(=O)Nc1ccc(C2=C(Sc3ccccc3)C(=O)N(Cc3ccncc3)C2=O)cc1. The molecule has 6 nitrogen and oxygen atoms in total. The summed E-state index contributed by atoms with van der Waals surface area (Å²) >= 11 is 1.28. The third-order valence-corrected chi connectivity index (χ3v) is 5.76. The maximum Gasteiger partial charge on any atom is 0.268 e. The molecule has 3 aromatic rings. The maximum atomic E-state index is 13.3. The Kier molecular flexibility index (Phi) is 5.95. The molecule has 0 saturated heterocycles. The van der Waals surface area contributed by atoms with Crippen LogP contribution in [0.25, 0.3) is 5.57 Å². The quantitative estimate of drug-likeness (QED) is 0.597. The van der Waals surface area contributed by atoms with Gasteiger partial charge in [0.05, 0.1) is 17.0 Å². The molecule has 1 aliphatic heterocycles. The lowest BCUT2D eigenvalue weighted by Gasteiger charge is -2.15. The van der Waals surface area contributed by atoms with Crippen LogP contribution in [0.5, 0.6) is 0 Å². The summed E-state index contributed by atoms with van der Waals surface area (Å²) in [6.07, 6.45) is 3.27. The number of hydrogen-bond donors (Lipinski definition) is 1. The largest absolute Gasteiger partial charge is 0.326 e. The molecule has 0 fully saturated rings. The summed E-state index contributed by atoms with van der Waals surface area (Å²) in [5, 5.41) is 2.71.